The van der Waals surface area contributed by atoms with Gasteiger partial charge in [-0.1, -0.05) is 34.1 Å². The lowest BCUT2D eigenvalue weighted by Gasteiger charge is -2.03. The van der Waals surface area contributed by atoms with Crippen LogP contribution in [0.25, 0.3) is 5.65 Å². The van der Waals surface area contributed by atoms with E-state index in [9.17, 15) is 0 Å². The van der Waals surface area contributed by atoms with Gasteiger partial charge in [-0.3, -0.25) is 0 Å². The number of benzene rings is 1. The van der Waals surface area contributed by atoms with Crippen molar-refractivity contribution in [3.63, 3.8) is 0 Å². The van der Waals surface area contributed by atoms with Crippen LogP contribution in [0, 0.1) is 6.92 Å². The lowest BCUT2D eigenvalue weighted by Crippen LogP contribution is -2.01. The number of aromatic nitrogens is 3. The van der Waals surface area contributed by atoms with Gasteiger partial charge in [-0.05, 0) is 36.2 Å². The summed E-state index contributed by atoms with van der Waals surface area (Å²) in [5.74, 6) is 0.640. The summed E-state index contributed by atoms with van der Waals surface area (Å²) in [6, 6.07) is 12.1. The first-order chi connectivity index (χ1) is 9.22. The van der Waals surface area contributed by atoms with Crippen molar-refractivity contribution >= 4 is 27.5 Å². The van der Waals surface area contributed by atoms with Gasteiger partial charge in [0.25, 0.3) is 0 Å². The van der Waals surface area contributed by atoms with Crippen LogP contribution >= 0.6 is 15.9 Å². The fraction of sp³-hybridized carbons (Fsp3) is 0.143. The topological polar surface area (TPSA) is 42.2 Å². The standard InChI is InChI=1S/C14H13BrN4/c1-10-6-7-19-13(8-10)17-14(18-19)16-9-11-4-2-3-5-12(11)15/h2-8H,9H2,1H3,(H,16,18). The maximum Gasteiger partial charge on any atom is 0.243 e. The number of pyridine rings is 1. The second-order valence-corrected chi connectivity index (χ2v) is 5.24. The lowest BCUT2D eigenvalue weighted by molar-refractivity contribution is 0.947. The maximum absolute atomic E-state index is 4.44. The number of halogens is 1. The summed E-state index contributed by atoms with van der Waals surface area (Å²) in [5, 5.41) is 7.62. The Kier molecular flexibility index (Phi) is 3.21. The van der Waals surface area contributed by atoms with Crippen LogP contribution in [0.4, 0.5) is 5.95 Å². The van der Waals surface area contributed by atoms with Crippen LogP contribution in [0.15, 0.2) is 47.1 Å². The summed E-state index contributed by atoms with van der Waals surface area (Å²) in [6.07, 6.45) is 1.92. The van der Waals surface area contributed by atoms with Crippen LogP contribution in [-0.2, 0) is 6.54 Å². The third kappa shape index (κ3) is 2.61. The molecule has 0 fully saturated rings. The lowest BCUT2D eigenvalue weighted by atomic mass is 10.2. The van der Waals surface area contributed by atoms with Crippen LogP contribution in [0.1, 0.15) is 11.1 Å². The summed E-state index contributed by atoms with van der Waals surface area (Å²) in [7, 11) is 0. The van der Waals surface area contributed by atoms with E-state index in [4.69, 9.17) is 0 Å². The van der Waals surface area contributed by atoms with Gasteiger partial charge in [-0.2, -0.15) is 4.98 Å². The molecular formula is C14H13BrN4. The molecule has 96 valence electrons. The van der Waals surface area contributed by atoms with Gasteiger partial charge in [0.2, 0.25) is 5.95 Å². The van der Waals surface area contributed by atoms with Gasteiger partial charge in [0, 0.05) is 17.2 Å². The van der Waals surface area contributed by atoms with Gasteiger partial charge in [-0.15, -0.1) is 5.10 Å². The third-order valence-electron chi connectivity index (χ3n) is 2.89. The molecule has 0 unspecified atom stereocenters. The highest BCUT2D eigenvalue weighted by Gasteiger charge is 2.04. The Hall–Kier alpha value is -1.88. The van der Waals surface area contributed by atoms with Gasteiger partial charge in [-0.25, -0.2) is 4.52 Å². The first-order valence-corrected chi connectivity index (χ1v) is 6.82. The Balaban J connectivity index is 1.80. The summed E-state index contributed by atoms with van der Waals surface area (Å²) in [6.45, 7) is 2.74. The Bertz CT molecular complexity index is 720. The largest absolute Gasteiger partial charge is 0.349 e. The zero-order chi connectivity index (χ0) is 13.2. The number of nitrogens with zero attached hydrogens (tertiary/aromatic N) is 3. The van der Waals surface area contributed by atoms with Crippen LogP contribution < -0.4 is 5.32 Å². The smallest absolute Gasteiger partial charge is 0.243 e. The van der Waals surface area contributed by atoms with Gasteiger partial charge < -0.3 is 5.32 Å². The van der Waals surface area contributed by atoms with Gasteiger partial charge in [0.15, 0.2) is 5.65 Å². The van der Waals surface area contributed by atoms with Crippen LogP contribution in [-0.4, -0.2) is 14.6 Å². The van der Waals surface area contributed by atoms with E-state index in [1.807, 2.05) is 43.5 Å². The third-order valence-corrected chi connectivity index (χ3v) is 3.66. The monoisotopic (exact) mass is 316 g/mol. The van der Waals surface area contributed by atoms with E-state index in [1.54, 1.807) is 4.52 Å². The Morgan fingerprint density at radius 2 is 2.11 bits per heavy atom. The number of aryl methyl sites for hydroxylation is 1. The maximum atomic E-state index is 4.44. The van der Waals surface area contributed by atoms with Crippen LogP contribution in [0.5, 0.6) is 0 Å². The molecular weight excluding hydrogens is 304 g/mol. The van der Waals surface area contributed by atoms with Crippen molar-refractivity contribution in [3.8, 4) is 0 Å². The van der Waals surface area contributed by atoms with Crippen molar-refractivity contribution < 1.29 is 0 Å². The minimum Gasteiger partial charge on any atom is -0.349 e. The normalized spacial score (nSPS) is 10.8. The SMILES string of the molecule is Cc1ccn2nc(NCc3ccccc3Br)nc2c1. The van der Waals surface area contributed by atoms with E-state index in [0.29, 0.717) is 12.5 Å². The minimum absolute atomic E-state index is 0.640. The number of hydrogen-bond donors (Lipinski definition) is 1. The average molecular weight is 317 g/mol. The molecule has 0 amide bonds. The highest BCUT2D eigenvalue weighted by atomic mass is 79.9. The number of rotatable bonds is 3. The molecule has 3 aromatic rings. The predicted octanol–water partition coefficient (Wildman–Crippen LogP) is 3.41. The van der Waals surface area contributed by atoms with Crippen molar-refractivity contribution in [3.05, 3.63) is 58.2 Å². The molecule has 2 aromatic heterocycles. The van der Waals surface area contributed by atoms with E-state index in [2.05, 4.69) is 37.4 Å². The fourth-order valence-electron chi connectivity index (χ4n) is 1.87. The summed E-state index contributed by atoms with van der Waals surface area (Å²) in [5.41, 5.74) is 3.21. The molecule has 5 heteroatoms. The van der Waals surface area contributed by atoms with E-state index >= 15 is 0 Å². The quantitative estimate of drug-likeness (QED) is 0.805. The van der Waals surface area contributed by atoms with Crippen LogP contribution in [0.2, 0.25) is 0 Å². The molecule has 0 aliphatic carbocycles. The van der Waals surface area contributed by atoms with Crippen molar-refractivity contribution in [2.45, 2.75) is 13.5 Å². The second-order valence-electron chi connectivity index (χ2n) is 4.39. The molecule has 0 spiro atoms. The molecule has 0 bridgehead atoms. The number of nitrogens with one attached hydrogen (secondary N) is 1. The minimum atomic E-state index is 0.640. The molecule has 0 atom stereocenters. The molecule has 19 heavy (non-hydrogen) atoms. The molecule has 0 aliphatic rings. The summed E-state index contributed by atoms with van der Waals surface area (Å²) < 4.78 is 2.86. The average Bonchev–Trinajstić information content (AvgIpc) is 2.79. The molecule has 4 nitrogen and oxygen atoms in total. The Morgan fingerprint density at radius 3 is 2.95 bits per heavy atom. The van der Waals surface area contributed by atoms with Crippen molar-refractivity contribution in [2.75, 3.05) is 5.32 Å². The molecule has 1 N–H and O–H groups in total. The number of fused-ring (bicyclic) bond motifs is 1. The first kappa shape index (κ1) is 12.2. The predicted molar refractivity (Wildman–Crippen MR) is 79.2 cm³/mol. The molecule has 1 aromatic carbocycles. The highest BCUT2D eigenvalue weighted by Crippen LogP contribution is 2.17. The van der Waals surface area contributed by atoms with Gasteiger partial charge >= 0.3 is 0 Å². The summed E-state index contributed by atoms with van der Waals surface area (Å²) >= 11 is 3.53. The molecule has 0 radical (unpaired) electrons. The van der Waals surface area contributed by atoms with E-state index < -0.39 is 0 Å². The van der Waals surface area contributed by atoms with Crippen molar-refractivity contribution in [1.82, 2.24) is 14.6 Å². The van der Waals surface area contributed by atoms with Crippen molar-refractivity contribution in [2.24, 2.45) is 0 Å². The highest BCUT2D eigenvalue weighted by molar-refractivity contribution is 9.10. The van der Waals surface area contributed by atoms with E-state index in [1.165, 1.54) is 11.1 Å². The molecule has 0 aliphatic heterocycles. The second kappa shape index (κ2) is 5.01. The zero-order valence-corrected chi connectivity index (χ0v) is 12.1. The van der Waals surface area contributed by atoms with Crippen LogP contribution in [0.3, 0.4) is 0 Å². The number of anilines is 1. The molecule has 3 rings (SSSR count). The molecule has 0 saturated heterocycles. The van der Waals surface area contributed by atoms with Gasteiger partial charge in [0.05, 0.1) is 0 Å². The molecule has 0 saturated carbocycles. The van der Waals surface area contributed by atoms with E-state index in [0.717, 1.165) is 10.1 Å². The first-order valence-electron chi connectivity index (χ1n) is 6.03. The fourth-order valence-corrected chi connectivity index (χ4v) is 2.30. The Labute approximate surface area is 119 Å². The van der Waals surface area contributed by atoms with Gasteiger partial charge in [0.1, 0.15) is 0 Å². The molecule has 2 heterocycles. The Morgan fingerprint density at radius 1 is 1.26 bits per heavy atom. The summed E-state index contributed by atoms with van der Waals surface area (Å²) in [4.78, 5) is 4.44. The number of hydrogen-bond acceptors (Lipinski definition) is 3. The van der Waals surface area contributed by atoms with E-state index in [-0.39, 0.29) is 0 Å². The van der Waals surface area contributed by atoms with Crippen molar-refractivity contribution in [1.29, 1.82) is 0 Å². The zero-order valence-electron chi connectivity index (χ0n) is 10.5.